The van der Waals surface area contributed by atoms with Gasteiger partial charge >= 0.3 is 5.97 Å². The van der Waals surface area contributed by atoms with E-state index in [4.69, 9.17) is 9.47 Å². The Hall–Kier alpha value is -4.96. The van der Waals surface area contributed by atoms with Crippen LogP contribution in [0.5, 0.6) is 11.5 Å². The topological polar surface area (TPSA) is 52.6 Å². The van der Waals surface area contributed by atoms with Gasteiger partial charge in [-0.15, -0.1) is 0 Å². The fourth-order valence-electron chi connectivity index (χ4n) is 9.08. The van der Waals surface area contributed by atoms with Crippen molar-refractivity contribution in [2.24, 2.45) is 5.41 Å². The molecule has 0 radical (unpaired) electrons. The molecule has 0 heterocycles. The first-order valence-corrected chi connectivity index (χ1v) is 21.2. The molecule has 1 aliphatic carbocycles. The van der Waals surface area contributed by atoms with Gasteiger partial charge in [-0.1, -0.05) is 138 Å². The van der Waals surface area contributed by atoms with Crippen LogP contribution in [0.15, 0.2) is 97.1 Å². The molecule has 0 saturated heterocycles. The third kappa shape index (κ3) is 7.98. The normalized spacial score (nSPS) is 14.1. The molecule has 0 aliphatic heterocycles. The first-order valence-electron chi connectivity index (χ1n) is 21.2. The van der Waals surface area contributed by atoms with Crippen molar-refractivity contribution in [3.63, 3.8) is 0 Å². The van der Waals surface area contributed by atoms with E-state index in [2.05, 4.69) is 128 Å². The zero-order valence-electron chi connectivity index (χ0n) is 36.0. The van der Waals surface area contributed by atoms with Crippen molar-refractivity contribution >= 4 is 11.8 Å². The molecule has 0 saturated carbocycles. The standard InChI is InChI=1S/C53H62O4/c1-11-14-20-29-51(8,9)57-48-37(6)33-42(34-38(48)7)53(45-23-18-16-21-43(45)44-22-17-19-24-46(44)53)41-31-35(4)47(36(5)32-41)56-50(55)40-27-25-39(26-28-40)49(54)52(10,13-3)30-15-12-2/h16-19,21-28,31-34H,11-15,20,29-30H2,1-10H3. The van der Waals surface area contributed by atoms with E-state index in [1.54, 1.807) is 24.3 Å². The Labute approximate surface area is 342 Å². The molecule has 298 valence electrons. The van der Waals surface area contributed by atoms with Gasteiger partial charge in [0.05, 0.1) is 11.0 Å². The third-order valence-electron chi connectivity index (χ3n) is 12.5. The Morgan fingerprint density at radius 2 is 1.05 bits per heavy atom. The van der Waals surface area contributed by atoms with Gasteiger partial charge in [0, 0.05) is 11.0 Å². The molecule has 0 amide bonds. The fraction of sp³-hybridized carbons (Fsp3) is 0.396. The number of carbonyl (C=O) groups is 2. The molecule has 0 N–H and O–H groups in total. The lowest BCUT2D eigenvalue weighted by Crippen LogP contribution is -2.31. The molecule has 0 aromatic heterocycles. The summed E-state index contributed by atoms with van der Waals surface area (Å²) < 4.78 is 13.0. The molecule has 0 fully saturated rings. The summed E-state index contributed by atoms with van der Waals surface area (Å²) in [6.07, 6.45) is 8.23. The van der Waals surface area contributed by atoms with Crippen molar-refractivity contribution in [2.75, 3.05) is 0 Å². The quantitative estimate of drug-likeness (QED) is 0.0426. The molecule has 1 unspecified atom stereocenters. The number of ketones is 1. The summed E-state index contributed by atoms with van der Waals surface area (Å²) in [5, 5.41) is 0. The second-order valence-electron chi connectivity index (χ2n) is 17.4. The van der Waals surface area contributed by atoms with Crippen molar-refractivity contribution in [3.05, 3.63) is 153 Å². The van der Waals surface area contributed by atoms with Crippen molar-refractivity contribution in [3.8, 4) is 22.6 Å². The summed E-state index contributed by atoms with van der Waals surface area (Å²) in [5.41, 5.74) is 10.9. The highest BCUT2D eigenvalue weighted by molar-refractivity contribution is 6.01. The molecule has 57 heavy (non-hydrogen) atoms. The Kier molecular flexibility index (Phi) is 12.3. The monoisotopic (exact) mass is 762 g/mol. The summed E-state index contributed by atoms with van der Waals surface area (Å²) in [6.45, 7) is 21.3. The van der Waals surface area contributed by atoms with Crippen molar-refractivity contribution in [2.45, 2.75) is 132 Å². The lowest BCUT2D eigenvalue weighted by atomic mass is 9.66. The smallest absolute Gasteiger partial charge is 0.343 e. The van der Waals surface area contributed by atoms with Gasteiger partial charge in [-0.25, -0.2) is 4.79 Å². The van der Waals surface area contributed by atoms with Gasteiger partial charge in [0.1, 0.15) is 17.1 Å². The molecule has 1 aliphatic rings. The number of fused-ring (bicyclic) bond motifs is 3. The number of hydrogen-bond acceptors (Lipinski definition) is 4. The lowest BCUT2D eigenvalue weighted by molar-refractivity contribution is 0.0729. The van der Waals surface area contributed by atoms with Crippen molar-refractivity contribution in [1.29, 1.82) is 0 Å². The van der Waals surface area contributed by atoms with Crippen LogP contribution < -0.4 is 9.47 Å². The first-order chi connectivity index (χ1) is 27.2. The van der Waals surface area contributed by atoms with Crippen LogP contribution in [0.4, 0.5) is 0 Å². The van der Waals surface area contributed by atoms with E-state index >= 15 is 0 Å². The Morgan fingerprint density at radius 1 is 0.579 bits per heavy atom. The number of hydrogen-bond donors (Lipinski definition) is 0. The first kappa shape index (κ1) is 41.7. The summed E-state index contributed by atoms with van der Waals surface area (Å²) in [5.74, 6) is 1.20. The summed E-state index contributed by atoms with van der Waals surface area (Å²) in [6, 6.07) is 33.5. The van der Waals surface area contributed by atoms with Crippen molar-refractivity contribution < 1.29 is 19.1 Å². The minimum atomic E-state index is -0.623. The molecule has 0 spiro atoms. The maximum absolute atomic E-state index is 13.7. The van der Waals surface area contributed by atoms with Gasteiger partial charge in [-0.05, 0) is 135 Å². The van der Waals surface area contributed by atoms with Gasteiger partial charge in [0.15, 0.2) is 5.78 Å². The maximum atomic E-state index is 13.7. The number of benzene rings is 5. The van der Waals surface area contributed by atoms with E-state index in [1.165, 1.54) is 40.7 Å². The molecule has 4 heteroatoms. The van der Waals surface area contributed by atoms with Crippen LogP contribution in [0.1, 0.15) is 158 Å². The van der Waals surface area contributed by atoms with Crippen LogP contribution in [0.25, 0.3) is 11.1 Å². The number of unbranched alkanes of at least 4 members (excludes halogenated alkanes) is 3. The van der Waals surface area contributed by atoms with E-state index in [-0.39, 0.29) is 11.4 Å². The highest BCUT2D eigenvalue weighted by atomic mass is 16.5. The van der Waals surface area contributed by atoms with Gasteiger partial charge in [0.2, 0.25) is 0 Å². The van der Waals surface area contributed by atoms with Gasteiger partial charge in [-0.2, -0.15) is 0 Å². The molecular formula is C53H62O4. The predicted octanol–water partition coefficient (Wildman–Crippen LogP) is 14.0. The van der Waals surface area contributed by atoms with Gasteiger partial charge in [-0.3, -0.25) is 4.79 Å². The minimum Gasteiger partial charge on any atom is -0.487 e. The van der Waals surface area contributed by atoms with Crippen LogP contribution in [0, 0.1) is 33.1 Å². The van der Waals surface area contributed by atoms with E-state index in [1.807, 2.05) is 13.8 Å². The van der Waals surface area contributed by atoms with Gasteiger partial charge in [0.25, 0.3) is 0 Å². The lowest BCUT2D eigenvalue weighted by Gasteiger charge is -2.36. The van der Waals surface area contributed by atoms with E-state index < -0.39 is 16.8 Å². The van der Waals surface area contributed by atoms with Crippen LogP contribution in [-0.4, -0.2) is 17.4 Å². The predicted molar refractivity (Wildman–Crippen MR) is 235 cm³/mol. The Bertz CT molecular complexity index is 2170. The Morgan fingerprint density at radius 3 is 1.54 bits per heavy atom. The second kappa shape index (κ2) is 16.9. The molecule has 4 nitrogen and oxygen atoms in total. The number of Topliss-reactive ketones (excluding diaryl/α,β-unsaturated/α-hetero) is 1. The fourth-order valence-corrected chi connectivity index (χ4v) is 9.08. The summed E-state index contributed by atoms with van der Waals surface area (Å²) in [4.78, 5) is 27.2. The number of esters is 1. The molecule has 5 aromatic rings. The third-order valence-corrected chi connectivity index (χ3v) is 12.5. The molecular weight excluding hydrogens is 701 g/mol. The summed E-state index contributed by atoms with van der Waals surface area (Å²) >= 11 is 0. The highest BCUT2D eigenvalue weighted by Crippen LogP contribution is 2.57. The van der Waals surface area contributed by atoms with E-state index in [0.717, 1.165) is 72.1 Å². The number of rotatable bonds is 16. The number of ether oxygens (including phenoxy) is 2. The van der Waals surface area contributed by atoms with E-state index in [9.17, 15) is 9.59 Å². The van der Waals surface area contributed by atoms with Crippen LogP contribution >= 0.6 is 0 Å². The SMILES string of the molecule is CCCCCC(C)(C)Oc1c(C)cc(C2(c3cc(C)c(OC(=O)c4ccc(C(=O)C(C)(CC)CCCC)cc4)c(C)c3)c3ccccc3-c3ccccc32)cc1C. The largest absolute Gasteiger partial charge is 0.487 e. The second-order valence-corrected chi connectivity index (χ2v) is 17.4. The number of carbonyl (C=O) groups excluding carboxylic acids is 2. The zero-order valence-corrected chi connectivity index (χ0v) is 36.0. The molecule has 1 atom stereocenters. The maximum Gasteiger partial charge on any atom is 0.343 e. The van der Waals surface area contributed by atoms with Crippen molar-refractivity contribution in [1.82, 2.24) is 0 Å². The average molecular weight is 763 g/mol. The highest BCUT2D eigenvalue weighted by Gasteiger charge is 2.47. The van der Waals surface area contributed by atoms with Crippen LogP contribution in [0.3, 0.4) is 0 Å². The molecule has 5 aromatic carbocycles. The zero-order chi connectivity index (χ0) is 41.1. The van der Waals surface area contributed by atoms with E-state index in [0.29, 0.717) is 16.9 Å². The van der Waals surface area contributed by atoms with Gasteiger partial charge < -0.3 is 9.47 Å². The molecule has 6 rings (SSSR count). The average Bonchev–Trinajstić information content (AvgIpc) is 3.50. The summed E-state index contributed by atoms with van der Waals surface area (Å²) in [7, 11) is 0. The Balaban J connectivity index is 1.40. The number of aryl methyl sites for hydroxylation is 4. The minimum absolute atomic E-state index is 0.128. The van der Waals surface area contributed by atoms with Crippen LogP contribution in [-0.2, 0) is 5.41 Å². The molecule has 0 bridgehead atoms. The van der Waals surface area contributed by atoms with Crippen LogP contribution in [0.2, 0.25) is 0 Å².